The molecule has 0 aromatic rings. The number of amides is 1. The van der Waals surface area contributed by atoms with Gasteiger partial charge in [0, 0.05) is 25.4 Å². The first-order valence-electron chi connectivity index (χ1n) is 7.20. The second kappa shape index (κ2) is 6.21. The third-order valence-corrected chi connectivity index (χ3v) is 4.34. The zero-order chi connectivity index (χ0) is 13.0. The Bertz CT molecular complexity index is 310. The lowest BCUT2D eigenvalue weighted by Crippen LogP contribution is -2.39. The third kappa shape index (κ3) is 3.24. The molecular formula is C14H23NO3. The monoisotopic (exact) mass is 253 g/mol. The highest BCUT2D eigenvalue weighted by atomic mass is 16.4. The van der Waals surface area contributed by atoms with Gasteiger partial charge in [-0.3, -0.25) is 9.59 Å². The van der Waals surface area contributed by atoms with Crippen molar-refractivity contribution >= 4 is 11.9 Å². The zero-order valence-electron chi connectivity index (χ0n) is 10.9. The van der Waals surface area contributed by atoms with E-state index in [1.807, 2.05) is 4.90 Å². The first-order valence-corrected chi connectivity index (χ1v) is 7.20. The highest BCUT2D eigenvalue weighted by Crippen LogP contribution is 2.35. The second-order valence-corrected chi connectivity index (χ2v) is 5.59. The topological polar surface area (TPSA) is 57.6 Å². The molecule has 1 atom stereocenters. The number of carbonyl (C=O) groups is 2. The van der Waals surface area contributed by atoms with E-state index in [1.165, 1.54) is 25.7 Å². The highest BCUT2D eigenvalue weighted by molar-refractivity contribution is 5.77. The molecule has 18 heavy (non-hydrogen) atoms. The Morgan fingerprint density at radius 3 is 2.44 bits per heavy atom. The van der Waals surface area contributed by atoms with E-state index in [2.05, 4.69) is 0 Å². The van der Waals surface area contributed by atoms with Crippen molar-refractivity contribution in [3.63, 3.8) is 0 Å². The Morgan fingerprint density at radius 1 is 1.06 bits per heavy atom. The molecule has 102 valence electrons. The molecule has 2 rings (SSSR count). The van der Waals surface area contributed by atoms with Crippen molar-refractivity contribution in [3.8, 4) is 0 Å². The number of carbonyl (C=O) groups excluding carboxylic acids is 1. The molecule has 1 heterocycles. The maximum Gasteiger partial charge on any atom is 0.303 e. The first-order chi connectivity index (χ1) is 8.68. The van der Waals surface area contributed by atoms with Gasteiger partial charge in [-0.15, -0.1) is 0 Å². The largest absolute Gasteiger partial charge is 0.481 e. The van der Waals surface area contributed by atoms with Gasteiger partial charge < -0.3 is 10.0 Å². The molecule has 1 unspecified atom stereocenters. The Labute approximate surface area is 108 Å². The van der Waals surface area contributed by atoms with Gasteiger partial charge in [-0.2, -0.15) is 0 Å². The number of rotatable bonds is 5. The number of nitrogens with zero attached hydrogens (tertiary/aromatic N) is 1. The number of carboxylic acid groups (broad SMARTS) is 1. The fourth-order valence-corrected chi connectivity index (χ4v) is 3.47. The maximum atomic E-state index is 12.1. The van der Waals surface area contributed by atoms with Crippen LogP contribution in [0.2, 0.25) is 0 Å². The van der Waals surface area contributed by atoms with Crippen LogP contribution in [0, 0.1) is 5.92 Å². The van der Waals surface area contributed by atoms with Gasteiger partial charge in [0.05, 0.1) is 0 Å². The molecule has 1 aliphatic carbocycles. The molecule has 4 nitrogen and oxygen atoms in total. The van der Waals surface area contributed by atoms with E-state index >= 15 is 0 Å². The van der Waals surface area contributed by atoms with Crippen LogP contribution in [0.25, 0.3) is 0 Å². The minimum absolute atomic E-state index is 0.105. The van der Waals surface area contributed by atoms with Crippen molar-refractivity contribution in [2.45, 2.75) is 63.8 Å². The van der Waals surface area contributed by atoms with Crippen molar-refractivity contribution in [1.82, 2.24) is 4.90 Å². The molecular weight excluding hydrogens is 230 g/mol. The van der Waals surface area contributed by atoms with Crippen LogP contribution in [-0.2, 0) is 9.59 Å². The van der Waals surface area contributed by atoms with Gasteiger partial charge in [-0.1, -0.05) is 12.8 Å². The molecule has 4 heteroatoms. The first kappa shape index (κ1) is 13.4. The van der Waals surface area contributed by atoms with E-state index < -0.39 is 5.97 Å². The summed E-state index contributed by atoms with van der Waals surface area (Å²) in [7, 11) is 0. The standard InChI is InChI=1S/C14H23NO3/c16-13(8-3-9-14(17)18)15-10-4-7-12(15)11-5-1-2-6-11/h11-12H,1-10H2,(H,17,18). The van der Waals surface area contributed by atoms with Crippen LogP contribution < -0.4 is 0 Å². The third-order valence-electron chi connectivity index (χ3n) is 4.34. The summed E-state index contributed by atoms with van der Waals surface area (Å²) in [6, 6.07) is 0.449. The van der Waals surface area contributed by atoms with Gasteiger partial charge in [0.15, 0.2) is 0 Å². The average molecular weight is 253 g/mol. The summed E-state index contributed by atoms with van der Waals surface area (Å²) in [5.41, 5.74) is 0. The quantitative estimate of drug-likeness (QED) is 0.818. The molecule has 0 radical (unpaired) electrons. The minimum atomic E-state index is -0.809. The van der Waals surface area contributed by atoms with Crippen molar-refractivity contribution in [1.29, 1.82) is 0 Å². The number of likely N-dealkylation sites (tertiary alicyclic amines) is 1. The Kier molecular flexibility index (Phi) is 4.61. The smallest absolute Gasteiger partial charge is 0.303 e. The van der Waals surface area contributed by atoms with E-state index in [4.69, 9.17) is 5.11 Å². The second-order valence-electron chi connectivity index (χ2n) is 5.59. The summed E-state index contributed by atoms with van der Waals surface area (Å²) < 4.78 is 0. The molecule has 1 amide bonds. The van der Waals surface area contributed by atoms with Gasteiger partial charge in [-0.05, 0) is 38.0 Å². The molecule has 1 saturated heterocycles. The summed E-state index contributed by atoms with van der Waals surface area (Å²) in [5.74, 6) is 0.0677. The van der Waals surface area contributed by atoms with Crippen LogP contribution in [0.3, 0.4) is 0 Å². The average Bonchev–Trinajstić information content (AvgIpc) is 2.99. The molecule has 2 fully saturated rings. The molecule has 1 aliphatic heterocycles. The van der Waals surface area contributed by atoms with Crippen molar-refractivity contribution in [2.24, 2.45) is 5.92 Å². The summed E-state index contributed by atoms with van der Waals surface area (Å²) >= 11 is 0. The van der Waals surface area contributed by atoms with E-state index in [1.54, 1.807) is 0 Å². The van der Waals surface area contributed by atoms with Gasteiger partial charge >= 0.3 is 5.97 Å². The van der Waals surface area contributed by atoms with E-state index in [0.29, 0.717) is 24.8 Å². The zero-order valence-corrected chi connectivity index (χ0v) is 10.9. The summed E-state index contributed by atoms with van der Waals surface area (Å²) in [6.07, 6.45) is 8.39. The molecule has 1 N–H and O–H groups in total. The van der Waals surface area contributed by atoms with Crippen LogP contribution in [-0.4, -0.2) is 34.5 Å². The Balaban J connectivity index is 1.82. The lowest BCUT2D eigenvalue weighted by molar-refractivity contribution is -0.137. The van der Waals surface area contributed by atoms with Gasteiger partial charge in [0.25, 0.3) is 0 Å². The number of hydrogen-bond donors (Lipinski definition) is 1. The molecule has 2 aliphatic rings. The van der Waals surface area contributed by atoms with Crippen molar-refractivity contribution in [2.75, 3.05) is 6.54 Å². The van der Waals surface area contributed by atoms with Crippen LogP contribution in [0.15, 0.2) is 0 Å². The van der Waals surface area contributed by atoms with Crippen LogP contribution >= 0.6 is 0 Å². The fraction of sp³-hybridized carbons (Fsp3) is 0.857. The predicted octanol–water partition coefficient (Wildman–Crippen LogP) is 2.42. The maximum absolute atomic E-state index is 12.1. The minimum Gasteiger partial charge on any atom is -0.481 e. The molecule has 1 saturated carbocycles. The van der Waals surface area contributed by atoms with Gasteiger partial charge in [0.2, 0.25) is 5.91 Å². The molecule has 0 aromatic carbocycles. The van der Waals surface area contributed by atoms with Crippen molar-refractivity contribution in [3.05, 3.63) is 0 Å². The summed E-state index contributed by atoms with van der Waals surface area (Å²) in [5, 5.41) is 8.59. The number of aliphatic carboxylic acids is 1. The Morgan fingerprint density at radius 2 is 1.78 bits per heavy atom. The lowest BCUT2D eigenvalue weighted by Gasteiger charge is -2.29. The molecule has 0 bridgehead atoms. The number of hydrogen-bond acceptors (Lipinski definition) is 2. The van der Waals surface area contributed by atoms with Crippen LogP contribution in [0.5, 0.6) is 0 Å². The van der Waals surface area contributed by atoms with E-state index in [-0.39, 0.29) is 12.3 Å². The lowest BCUT2D eigenvalue weighted by atomic mass is 9.96. The van der Waals surface area contributed by atoms with E-state index in [9.17, 15) is 9.59 Å². The predicted molar refractivity (Wildman–Crippen MR) is 68.2 cm³/mol. The highest BCUT2D eigenvalue weighted by Gasteiger charge is 2.35. The Hall–Kier alpha value is -1.06. The molecule has 0 spiro atoms. The van der Waals surface area contributed by atoms with Gasteiger partial charge in [-0.25, -0.2) is 0 Å². The van der Waals surface area contributed by atoms with E-state index in [0.717, 1.165) is 19.4 Å². The number of carboxylic acids is 1. The molecule has 0 aromatic heterocycles. The fourth-order valence-electron chi connectivity index (χ4n) is 3.47. The van der Waals surface area contributed by atoms with Crippen LogP contribution in [0.4, 0.5) is 0 Å². The van der Waals surface area contributed by atoms with Gasteiger partial charge in [0.1, 0.15) is 0 Å². The summed E-state index contributed by atoms with van der Waals surface area (Å²) in [4.78, 5) is 24.6. The normalized spacial score (nSPS) is 24.7. The summed E-state index contributed by atoms with van der Waals surface area (Å²) in [6.45, 7) is 0.882. The van der Waals surface area contributed by atoms with Crippen LogP contribution in [0.1, 0.15) is 57.8 Å². The van der Waals surface area contributed by atoms with Crippen molar-refractivity contribution < 1.29 is 14.7 Å². The SMILES string of the molecule is O=C(O)CCCC(=O)N1CCCC1C1CCCC1.